The number of hydrogen-bond donors (Lipinski definition) is 1. The van der Waals surface area contributed by atoms with Gasteiger partial charge in [0.1, 0.15) is 0 Å². The van der Waals surface area contributed by atoms with Crippen LogP contribution in [0.4, 0.5) is 0 Å². The molecule has 1 saturated carbocycles. The van der Waals surface area contributed by atoms with Crippen LogP contribution in [0, 0.1) is 0 Å². The molecule has 3 rings (SSSR count). The average Bonchev–Trinajstić information content (AvgIpc) is 3.09. The zero-order valence-electron chi connectivity index (χ0n) is 8.48. The standard InChI is InChI=1S/C13H13NO/c15-9-13(6-7-13)12-11-4-2-1-3-10(11)5-8-14-12/h1-5,8,15H,6-7,9H2. The molecule has 0 unspecified atom stereocenters. The Kier molecular flexibility index (Phi) is 1.80. The fourth-order valence-electron chi connectivity index (χ4n) is 2.16. The molecule has 15 heavy (non-hydrogen) atoms. The van der Waals surface area contributed by atoms with Crippen LogP contribution in [0.15, 0.2) is 36.5 Å². The smallest absolute Gasteiger partial charge is 0.0566 e. The maximum absolute atomic E-state index is 9.43. The maximum Gasteiger partial charge on any atom is 0.0566 e. The lowest BCUT2D eigenvalue weighted by Gasteiger charge is -2.13. The molecule has 1 N–H and O–H groups in total. The summed E-state index contributed by atoms with van der Waals surface area (Å²) < 4.78 is 0. The highest BCUT2D eigenvalue weighted by molar-refractivity contribution is 5.85. The largest absolute Gasteiger partial charge is 0.395 e. The maximum atomic E-state index is 9.43. The van der Waals surface area contributed by atoms with Crippen LogP contribution in [0.2, 0.25) is 0 Å². The van der Waals surface area contributed by atoms with Crippen molar-refractivity contribution in [3.8, 4) is 0 Å². The van der Waals surface area contributed by atoms with E-state index in [4.69, 9.17) is 0 Å². The number of fused-ring (bicyclic) bond motifs is 1. The van der Waals surface area contributed by atoms with Crippen LogP contribution in [0.1, 0.15) is 18.5 Å². The lowest BCUT2D eigenvalue weighted by Crippen LogP contribution is -2.14. The summed E-state index contributed by atoms with van der Waals surface area (Å²) in [6.07, 6.45) is 3.96. The van der Waals surface area contributed by atoms with Gasteiger partial charge in [-0.2, -0.15) is 0 Å². The predicted molar refractivity (Wildman–Crippen MR) is 59.7 cm³/mol. The van der Waals surface area contributed by atoms with Crippen LogP contribution in [-0.4, -0.2) is 16.7 Å². The summed E-state index contributed by atoms with van der Waals surface area (Å²) in [6, 6.07) is 10.3. The van der Waals surface area contributed by atoms with Crippen LogP contribution in [0.3, 0.4) is 0 Å². The molecular formula is C13H13NO. The minimum absolute atomic E-state index is 0.0408. The summed E-state index contributed by atoms with van der Waals surface area (Å²) in [5, 5.41) is 11.8. The normalized spacial score (nSPS) is 17.9. The molecule has 0 bridgehead atoms. The summed E-state index contributed by atoms with van der Waals surface area (Å²) in [6.45, 7) is 0.216. The quantitative estimate of drug-likeness (QED) is 0.804. The minimum atomic E-state index is -0.0408. The molecule has 0 aliphatic heterocycles. The van der Waals surface area contributed by atoms with Gasteiger partial charge in [-0.1, -0.05) is 24.3 Å². The first kappa shape index (κ1) is 8.86. The SMILES string of the molecule is OCC1(c2nccc3ccccc23)CC1. The molecule has 2 aromatic rings. The first-order valence-corrected chi connectivity index (χ1v) is 5.31. The molecule has 2 nitrogen and oxygen atoms in total. The van der Waals surface area contributed by atoms with Gasteiger partial charge in [0, 0.05) is 17.0 Å². The highest BCUT2D eigenvalue weighted by atomic mass is 16.3. The second-order valence-electron chi connectivity index (χ2n) is 4.32. The zero-order valence-corrected chi connectivity index (χ0v) is 8.48. The number of aromatic nitrogens is 1. The van der Waals surface area contributed by atoms with Crippen molar-refractivity contribution < 1.29 is 5.11 Å². The van der Waals surface area contributed by atoms with E-state index in [1.165, 1.54) is 10.8 Å². The molecule has 1 aliphatic carbocycles. The minimum Gasteiger partial charge on any atom is -0.395 e. The van der Waals surface area contributed by atoms with Crippen molar-refractivity contribution in [2.45, 2.75) is 18.3 Å². The van der Waals surface area contributed by atoms with Crippen LogP contribution < -0.4 is 0 Å². The van der Waals surface area contributed by atoms with Crippen LogP contribution in [0.25, 0.3) is 10.8 Å². The van der Waals surface area contributed by atoms with E-state index in [0.717, 1.165) is 18.5 Å². The van der Waals surface area contributed by atoms with Gasteiger partial charge >= 0.3 is 0 Å². The number of aliphatic hydroxyl groups is 1. The summed E-state index contributed by atoms with van der Waals surface area (Å²) in [4.78, 5) is 4.45. The number of rotatable bonds is 2. The van der Waals surface area contributed by atoms with E-state index in [1.54, 1.807) is 0 Å². The molecule has 0 radical (unpaired) electrons. The Balaban J connectivity index is 2.27. The van der Waals surface area contributed by atoms with E-state index in [1.807, 2.05) is 24.4 Å². The summed E-state index contributed by atoms with van der Waals surface area (Å²) in [5.41, 5.74) is 1.03. The van der Waals surface area contributed by atoms with Gasteiger partial charge in [-0.05, 0) is 24.3 Å². The Morgan fingerprint density at radius 1 is 1.20 bits per heavy atom. The summed E-state index contributed by atoms with van der Waals surface area (Å²) in [7, 11) is 0. The molecule has 2 heteroatoms. The Morgan fingerprint density at radius 3 is 2.73 bits per heavy atom. The molecule has 0 amide bonds. The molecule has 1 aliphatic rings. The van der Waals surface area contributed by atoms with E-state index in [-0.39, 0.29) is 12.0 Å². The van der Waals surface area contributed by atoms with Gasteiger partial charge in [-0.3, -0.25) is 4.98 Å². The lowest BCUT2D eigenvalue weighted by molar-refractivity contribution is 0.253. The monoisotopic (exact) mass is 199 g/mol. The number of aliphatic hydroxyl groups excluding tert-OH is 1. The van der Waals surface area contributed by atoms with Crippen LogP contribution in [-0.2, 0) is 5.41 Å². The van der Waals surface area contributed by atoms with E-state index in [2.05, 4.69) is 17.1 Å². The van der Waals surface area contributed by atoms with Crippen molar-refractivity contribution in [2.24, 2.45) is 0 Å². The molecule has 1 aromatic heterocycles. The molecule has 1 heterocycles. The average molecular weight is 199 g/mol. The second-order valence-corrected chi connectivity index (χ2v) is 4.32. The van der Waals surface area contributed by atoms with Gasteiger partial charge in [0.25, 0.3) is 0 Å². The van der Waals surface area contributed by atoms with Gasteiger partial charge in [-0.25, -0.2) is 0 Å². The van der Waals surface area contributed by atoms with Gasteiger partial charge in [0.15, 0.2) is 0 Å². The van der Waals surface area contributed by atoms with Crippen molar-refractivity contribution in [1.82, 2.24) is 4.98 Å². The zero-order chi connectivity index (χ0) is 10.3. The fourth-order valence-corrected chi connectivity index (χ4v) is 2.16. The highest BCUT2D eigenvalue weighted by Gasteiger charge is 2.45. The topological polar surface area (TPSA) is 33.1 Å². The Labute approximate surface area is 88.6 Å². The molecule has 0 atom stereocenters. The predicted octanol–water partition coefficient (Wildman–Crippen LogP) is 2.26. The van der Waals surface area contributed by atoms with Crippen molar-refractivity contribution in [3.63, 3.8) is 0 Å². The van der Waals surface area contributed by atoms with E-state index in [9.17, 15) is 5.11 Å². The number of nitrogens with zero attached hydrogens (tertiary/aromatic N) is 1. The number of benzene rings is 1. The summed E-state index contributed by atoms with van der Waals surface area (Å²) in [5.74, 6) is 0. The van der Waals surface area contributed by atoms with E-state index < -0.39 is 0 Å². The first-order chi connectivity index (χ1) is 7.36. The highest BCUT2D eigenvalue weighted by Crippen LogP contribution is 2.48. The van der Waals surface area contributed by atoms with Gasteiger partial charge in [0.2, 0.25) is 0 Å². The van der Waals surface area contributed by atoms with Crippen LogP contribution >= 0.6 is 0 Å². The molecule has 1 aromatic carbocycles. The third kappa shape index (κ3) is 1.25. The van der Waals surface area contributed by atoms with Gasteiger partial charge < -0.3 is 5.11 Å². The van der Waals surface area contributed by atoms with Crippen molar-refractivity contribution in [2.75, 3.05) is 6.61 Å². The van der Waals surface area contributed by atoms with E-state index in [0.29, 0.717) is 0 Å². The molecule has 0 spiro atoms. The Morgan fingerprint density at radius 2 is 2.00 bits per heavy atom. The molecule has 0 saturated heterocycles. The third-order valence-corrected chi connectivity index (χ3v) is 3.33. The van der Waals surface area contributed by atoms with Crippen molar-refractivity contribution in [1.29, 1.82) is 0 Å². The molecule has 1 fully saturated rings. The van der Waals surface area contributed by atoms with E-state index >= 15 is 0 Å². The van der Waals surface area contributed by atoms with Crippen molar-refractivity contribution in [3.05, 3.63) is 42.2 Å². The summed E-state index contributed by atoms with van der Waals surface area (Å²) >= 11 is 0. The van der Waals surface area contributed by atoms with Gasteiger partial charge in [0.05, 0.1) is 12.3 Å². The first-order valence-electron chi connectivity index (χ1n) is 5.31. The number of hydrogen-bond acceptors (Lipinski definition) is 2. The fraction of sp³-hybridized carbons (Fsp3) is 0.308. The lowest BCUT2D eigenvalue weighted by atomic mass is 9.97. The van der Waals surface area contributed by atoms with Gasteiger partial charge in [-0.15, -0.1) is 0 Å². The molecule has 76 valence electrons. The Bertz CT molecular complexity index is 497. The van der Waals surface area contributed by atoms with Crippen molar-refractivity contribution >= 4 is 10.8 Å². The number of pyridine rings is 1. The Hall–Kier alpha value is -1.41. The van der Waals surface area contributed by atoms with Crippen LogP contribution in [0.5, 0.6) is 0 Å². The second kappa shape index (κ2) is 3.04. The third-order valence-electron chi connectivity index (χ3n) is 3.33. The molecular weight excluding hydrogens is 186 g/mol.